The molecular formula is C25H31B3N6O. The van der Waals surface area contributed by atoms with Gasteiger partial charge in [-0.1, -0.05) is 18.2 Å². The fraction of sp³-hybridized carbons (Fsp3) is 0.320. The number of fused-ring (bicyclic) bond motifs is 1. The summed E-state index contributed by atoms with van der Waals surface area (Å²) < 4.78 is 6.36. The maximum Gasteiger partial charge on any atom is 0.145 e. The molecule has 0 spiro atoms. The van der Waals surface area contributed by atoms with Gasteiger partial charge >= 0.3 is 0 Å². The zero-order valence-corrected chi connectivity index (χ0v) is 21.5. The summed E-state index contributed by atoms with van der Waals surface area (Å²) in [6, 6.07) is 12.5. The van der Waals surface area contributed by atoms with Gasteiger partial charge < -0.3 is 14.5 Å². The molecule has 0 unspecified atom stereocenters. The fourth-order valence-corrected chi connectivity index (χ4v) is 4.49. The van der Waals surface area contributed by atoms with Gasteiger partial charge in [-0.25, -0.2) is 9.97 Å². The second kappa shape index (κ2) is 9.08. The second-order valence-corrected chi connectivity index (χ2v) is 10.5. The van der Waals surface area contributed by atoms with Crippen LogP contribution in [0.2, 0.25) is 0 Å². The van der Waals surface area contributed by atoms with E-state index < -0.39 is 0 Å². The molecule has 1 saturated heterocycles. The van der Waals surface area contributed by atoms with Gasteiger partial charge in [0.1, 0.15) is 52.0 Å². The normalized spacial score (nSPS) is 15.0. The molecule has 1 N–H and O–H groups in total. The van der Waals surface area contributed by atoms with Crippen molar-refractivity contribution in [2.75, 3.05) is 38.1 Å². The van der Waals surface area contributed by atoms with Gasteiger partial charge in [-0.2, -0.15) is 5.10 Å². The first-order valence-corrected chi connectivity index (χ1v) is 12.2. The first kappa shape index (κ1) is 23.5. The molecule has 0 radical (unpaired) electrons. The maximum atomic E-state index is 6.36. The number of nitrogens with zero attached hydrogens (tertiary/aromatic N) is 5. The Morgan fingerprint density at radius 2 is 1.77 bits per heavy atom. The van der Waals surface area contributed by atoms with Crippen LogP contribution in [0.3, 0.4) is 0 Å². The zero-order chi connectivity index (χ0) is 24.7. The Bertz CT molecular complexity index is 1360. The first-order chi connectivity index (χ1) is 16.7. The fourth-order valence-electron chi connectivity index (χ4n) is 4.49. The summed E-state index contributed by atoms with van der Waals surface area (Å²) in [5.41, 5.74) is 7.72. The van der Waals surface area contributed by atoms with E-state index in [0.29, 0.717) is 0 Å². The van der Waals surface area contributed by atoms with E-state index in [1.807, 2.05) is 12.3 Å². The number of hydrogen-bond acceptors (Lipinski definition) is 6. The molecular weight excluding hydrogens is 433 g/mol. The minimum absolute atomic E-state index is 0.353. The third kappa shape index (κ3) is 4.80. The van der Waals surface area contributed by atoms with Crippen LogP contribution >= 0.6 is 0 Å². The van der Waals surface area contributed by atoms with E-state index in [9.17, 15) is 0 Å². The molecule has 0 aliphatic carbocycles. The number of piperazine rings is 1. The highest BCUT2D eigenvalue weighted by atomic mass is 16.5. The number of aromatic amines is 1. The highest BCUT2D eigenvalue weighted by Gasteiger charge is 2.22. The number of nitrogens with one attached hydrogen (secondary N) is 1. The van der Waals surface area contributed by atoms with E-state index in [4.69, 9.17) is 14.7 Å². The van der Waals surface area contributed by atoms with Crippen molar-refractivity contribution in [2.24, 2.45) is 0 Å². The average molecular weight is 464 g/mol. The molecule has 7 nitrogen and oxygen atoms in total. The average Bonchev–Trinajstić information content (AvgIpc) is 3.23. The molecule has 0 saturated carbocycles. The smallest absolute Gasteiger partial charge is 0.145 e. The zero-order valence-electron chi connectivity index (χ0n) is 21.5. The van der Waals surface area contributed by atoms with Crippen molar-refractivity contribution in [1.29, 1.82) is 0 Å². The Morgan fingerprint density at radius 1 is 1.00 bits per heavy atom. The molecule has 0 bridgehead atoms. The van der Waals surface area contributed by atoms with E-state index in [1.54, 1.807) is 0 Å². The van der Waals surface area contributed by atoms with Crippen LogP contribution in [0.25, 0.3) is 33.5 Å². The van der Waals surface area contributed by atoms with E-state index in [2.05, 4.69) is 94.8 Å². The van der Waals surface area contributed by atoms with Crippen molar-refractivity contribution >= 4 is 40.4 Å². The predicted octanol–water partition coefficient (Wildman–Crippen LogP) is 0.945. The molecule has 0 amide bonds. The van der Waals surface area contributed by atoms with E-state index in [0.717, 1.165) is 71.3 Å². The van der Waals surface area contributed by atoms with Crippen molar-refractivity contribution in [3.63, 3.8) is 0 Å². The number of benzene rings is 1. The highest BCUT2D eigenvalue weighted by molar-refractivity contribution is 6.58. The molecule has 3 aromatic heterocycles. The van der Waals surface area contributed by atoms with Crippen LogP contribution in [-0.2, 0) is 0 Å². The van der Waals surface area contributed by atoms with Crippen molar-refractivity contribution in [1.82, 2.24) is 25.1 Å². The molecule has 4 aromatic rings. The van der Waals surface area contributed by atoms with Crippen LogP contribution in [-0.4, -0.2) is 87.1 Å². The molecule has 0 atom stereocenters. The number of hydrogen-bond donors (Lipinski definition) is 1. The van der Waals surface area contributed by atoms with Gasteiger partial charge in [0.2, 0.25) is 0 Å². The summed E-state index contributed by atoms with van der Waals surface area (Å²) in [5, 5.41) is 7.44. The monoisotopic (exact) mass is 464 g/mol. The van der Waals surface area contributed by atoms with Crippen LogP contribution in [0.5, 0.6) is 5.75 Å². The predicted molar refractivity (Wildman–Crippen MR) is 151 cm³/mol. The Morgan fingerprint density at radius 3 is 2.46 bits per heavy atom. The van der Waals surface area contributed by atoms with E-state index in [1.165, 1.54) is 11.1 Å². The van der Waals surface area contributed by atoms with Crippen LogP contribution in [0.15, 0.2) is 42.6 Å². The van der Waals surface area contributed by atoms with Gasteiger partial charge in [0.25, 0.3) is 0 Å². The number of H-pyrrole nitrogens is 1. The molecule has 1 aromatic carbocycles. The Kier molecular flexibility index (Phi) is 6.09. The number of anilines is 1. The van der Waals surface area contributed by atoms with Gasteiger partial charge in [0.05, 0.1) is 5.52 Å². The second-order valence-electron chi connectivity index (χ2n) is 10.5. The molecule has 1 aliphatic heterocycles. The number of aromatic nitrogens is 4. The lowest BCUT2D eigenvalue weighted by molar-refractivity contribution is 0.312. The van der Waals surface area contributed by atoms with Gasteiger partial charge in [0, 0.05) is 54.9 Å². The van der Waals surface area contributed by atoms with Crippen LogP contribution < -0.4 is 9.64 Å². The minimum atomic E-state index is -0.353. The summed E-state index contributed by atoms with van der Waals surface area (Å²) in [5.74, 6) is 1.75. The largest absolute Gasteiger partial charge is 0.511 e. The number of ether oxygens (including phenoxy) is 1. The Labute approximate surface area is 209 Å². The molecule has 10 heteroatoms. The molecule has 176 valence electrons. The van der Waals surface area contributed by atoms with Gasteiger partial charge in [0.15, 0.2) is 0 Å². The lowest BCUT2D eigenvalue weighted by Gasteiger charge is -2.33. The van der Waals surface area contributed by atoms with Crippen molar-refractivity contribution in [3.05, 3.63) is 53.7 Å². The lowest BCUT2D eigenvalue weighted by atomic mass is 9.52. The number of likely N-dealkylation sites (N-methyl/N-ethyl adjacent to an activating group) is 1. The summed E-state index contributed by atoms with van der Waals surface area (Å²) in [6.45, 7) is 8.35. The number of rotatable bonds is 5. The van der Waals surface area contributed by atoms with E-state index in [-0.39, 0.29) is 5.30 Å². The van der Waals surface area contributed by atoms with E-state index >= 15 is 0 Å². The topological polar surface area (TPSA) is 70.2 Å². The summed E-state index contributed by atoms with van der Waals surface area (Å²) in [6.07, 6.45) is 1.90. The molecule has 4 heterocycles. The van der Waals surface area contributed by atoms with Crippen molar-refractivity contribution in [2.45, 2.75) is 19.1 Å². The summed E-state index contributed by atoms with van der Waals surface area (Å²) in [7, 11) is 8.32. The van der Waals surface area contributed by atoms with Crippen LogP contribution in [0, 0.1) is 13.8 Å². The molecule has 1 fully saturated rings. The van der Waals surface area contributed by atoms with Gasteiger partial charge in [-0.05, 0) is 44.2 Å². The highest BCUT2D eigenvalue weighted by Crippen LogP contribution is 2.37. The van der Waals surface area contributed by atoms with Crippen LogP contribution in [0.4, 0.5) is 5.82 Å². The molecule has 35 heavy (non-hydrogen) atoms. The van der Waals surface area contributed by atoms with Gasteiger partial charge in [-0.15, -0.1) is 0 Å². The molecule has 1 aliphatic rings. The van der Waals surface area contributed by atoms with Crippen LogP contribution in [0.1, 0.15) is 11.1 Å². The Hall–Kier alpha value is -3.26. The van der Waals surface area contributed by atoms with Crippen molar-refractivity contribution < 1.29 is 4.74 Å². The number of pyridine rings is 2. The first-order valence-electron chi connectivity index (χ1n) is 12.2. The molecule has 5 rings (SSSR count). The number of aryl methyl sites for hydroxylation is 1. The van der Waals surface area contributed by atoms with Crippen molar-refractivity contribution in [3.8, 4) is 28.3 Å². The maximum absolute atomic E-state index is 6.36. The summed E-state index contributed by atoms with van der Waals surface area (Å²) >= 11 is 0. The SMILES string of the molecule is BC(B)(B)Oc1cc2[nH]nc(-c3ccc(N4CCN(C)CC4)nc3)c2nc1-c1cccc(C)c1C. The third-order valence-corrected chi connectivity index (χ3v) is 6.62. The van der Waals surface area contributed by atoms with Gasteiger partial charge in [-0.3, -0.25) is 5.10 Å². The minimum Gasteiger partial charge on any atom is -0.511 e. The quantitative estimate of drug-likeness (QED) is 0.444. The lowest BCUT2D eigenvalue weighted by Crippen LogP contribution is -2.44. The standard InChI is InChI=1S/C25H31B3N6O/c1-15-5-4-6-18(16(15)2)23-20(35-25(26,27)28)13-19-24(30-23)22(32-31-19)17-7-8-21(29-14-17)34-11-9-33(3)10-12-34/h4-8,13-14H,9-12,26-28H2,1-3H3,(H,31,32). The Balaban J connectivity index is 1.57. The summed E-state index contributed by atoms with van der Waals surface area (Å²) in [4.78, 5) is 14.6. The third-order valence-electron chi connectivity index (χ3n) is 6.62.